The van der Waals surface area contributed by atoms with E-state index in [9.17, 15) is 0 Å². The third kappa shape index (κ3) is 2.59. The molecule has 1 aliphatic carbocycles. The molecular formula is C17H23N3O2. The summed E-state index contributed by atoms with van der Waals surface area (Å²) in [5.74, 6) is 1.59. The summed E-state index contributed by atoms with van der Waals surface area (Å²) in [6.07, 6.45) is 8.15. The molecular weight excluding hydrogens is 278 g/mol. The van der Waals surface area contributed by atoms with Crippen molar-refractivity contribution in [3.8, 4) is 0 Å². The summed E-state index contributed by atoms with van der Waals surface area (Å²) >= 11 is 0. The number of furan rings is 1. The zero-order valence-corrected chi connectivity index (χ0v) is 12.9. The predicted molar refractivity (Wildman–Crippen MR) is 82.4 cm³/mol. The maximum atomic E-state index is 9.07. The lowest BCUT2D eigenvalue weighted by Crippen LogP contribution is -2.21. The fourth-order valence-electron chi connectivity index (χ4n) is 3.80. The number of hydrogen-bond acceptors (Lipinski definition) is 4. The Morgan fingerprint density at radius 3 is 2.95 bits per heavy atom. The lowest BCUT2D eigenvalue weighted by Gasteiger charge is -2.19. The highest BCUT2D eigenvalue weighted by Crippen LogP contribution is 2.29. The molecule has 0 saturated carbocycles. The van der Waals surface area contributed by atoms with Crippen LogP contribution in [0.3, 0.4) is 0 Å². The van der Waals surface area contributed by atoms with E-state index in [1.165, 1.54) is 37.1 Å². The van der Waals surface area contributed by atoms with Crippen LogP contribution in [0.4, 0.5) is 0 Å². The number of likely N-dealkylation sites (tertiary alicyclic amines) is 1. The van der Waals surface area contributed by atoms with Crippen LogP contribution in [0.2, 0.25) is 0 Å². The van der Waals surface area contributed by atoms with Crippen LogP contribution in [0.5, 0.6) is 0 Å². The first kappa shape index (κ1) is 14.0. The van der Waals surface area contributed by atoms with Crippen molar-refractivity contribution in [2.24, 2.45) is 0 Å². The first-order chi connectivity index (χ1) is 10.8. The van der Waals surface area contributed by atoms with Gasteiger partial charge in [-0.25, -0.2) is 4.98 Å². The van der Waals surface area contributed by atoms with E-state index in [1.807, 2.05) is 12.1 Å². The van der Waals surface area contributed by atoms with Crippen LogP contribution < -0.4 is 0 Å². The number of imidazole rings is 1. The van der Waals surface area contributed by atoms with Crippen LogP contribution in [0.1, 0.15) is 48.2 Å². The Bertz CT molecular complexity index is 646. The summed E-state index contributed by atoms with van der Waals surface area (Å²) in [4.78, 5) is 7.05. The van der Waals surface area contributed by atoms with Gasteiger partial charge in [-0.3, -0.25) is 4.90 Å². The van der Waals surface area contributed by atoms with E-state index in [2.05, 4.69) is 20.8 Å². The molecule has 1 atom stereocenters. The van der Waals surface area contributed by atoms with Gasteiger partial charge in [0.1, 0.15) is 18.1 Å². The smallest absolute Gasteiger partial charge is 0.129 e. The molecule has 0 spiro atoms. The van der Waals surface area contributed by atoms with Gasteiger partial charge in [0.25, 0.3) is 0 Å². The second-order valence-corrected chi connectivity index (χ2v) is 6.46. The summed E-state index contributed by atoms with van der Waals surface area (Å²) in [7, 11) is 0. The van der Waals surface area contributed by atoms with E-state index in [0.29, 0.717) is 11.8 Å². The zero-order chi connectivity index (χ0) is 14.9. The number of aliphatic hydroxyl groups excluding tert-OH is 1. The largest absolute Gasteiger partial charge is 0.462 e. The quantitative estimate of drug-likeness (QED) is 0.941. The average Bonchev–Trinajstić information content (AvgIpc) is 3.26. The standard InChI is InChI=1S/C17H23N3O2/c21-11-15-6-5-14(22-15)10-19-8-7-13(9-19)20-12-18-16-3-1-2-4-17(16)20/h5-6,12-13,21H,1-4,7-11H2. The lowest BCUT2D eigenvalue weighted by molar-refractivity contribution is 0.231. The third-order valence-electron chi connectivity index (χ3n) is 4.95. The van der Waals surface area contributed by atoms with Gasteiger partial charge >= 0.3 is 0 Å². The maximum Gasteiger partial charge on any atom is 0.129 e. The molecule has 5 heteroatoms. The first-order valence-electron chi connectivity index (χ1n) is 8.29. The SMILES string of the molecule is OCc1ccc(CN2CCC(n3cnc4c3CCCC4)C2)o1. The molecule has 22 heavy (non-hydrogen) atoms. The first-order valence-corrected chi connectivity index (χ1v) is 8.29. The number of fused-ring (bicyclic) bond motifs is 1. The number of rotatable bonds is 4. The summed E-state index contributed by atoms with van der Waals surface area (Å²) in [5, 5.41) is 9.07. The van der Waals surface area contributed by atoms with Gasteiger partial charge in [0, 0.05) is 24.8 Å². The molecule has 3 heterocycles. The van der Waals surface area contributed by atoms with Gasteiger partial charge in [0.2, 0.25) is 0 Å². The van der Waals surface area contributed by atoms with Crippen molar-refractivity contribution >= 4 is 0 Å². The van der Waals surface area contributed by atoms with Crippen molar-refractivity contribution < 1.29 is 9.52 Å². The van der Waals surface area contributed by atoms with Crippen LogP contribution in [-0.2, 0) is 26.0 Å². The highest BCUT2D eigenvalue weighted by atomic mass is 16.4. The molecule has 0 bridgehead atoms. The summed E-state index contributed by atoms with van der Waals surface area (Å²) in [5.41, 5.74) is 2.79. The Labute approximate surface area is 130 Å². The van der Waals surface area contributed by atoms with E-state index in [-0.39, 0.29) is 6.61 Å². The number of aryl methyl sites for hydroxylation is 1. The third-order valence-corrected chi connectivity index (χ3v) is 4.95. The molecule has 1 unspecified atom stereocenters. The van der Waals surface area contributed by atoms with Gasteiger partial charge in [0.15, 0.2) is 0 Å². The molecule has 5 nitrogen and oxygen atoms in total. The van der Waals surface area contributed by atoms with Gasteiger partial charge in [0.05, 0.1) is 18.6 Å². The summed E-state index contributed by atoms with van der Waals surface area (Å²) < 4.78 is 8.03. The zero-order valence-electron chi connectivity index (χ0n) is 12.9. The van der Waals surface area contributed by atoms with E-state index in [4.69, 9.17) is 9.52 Å². The molecule has 1 fully saturated rings. The second kappa shape index (κ2) is 5.89. The highest BCUT2D eigenvalue weighted by Gasteiger charge is 2.27. The molecule has 1 saturated heterocycles. The second-order valence-electron chi connectivity index (χ2n) is 6.46. The van der Waals surface area contributed by atoms with Crippen molar-refractivity contribution in [2.75, 3.05) is 13.1 Å². The molecule has 2 aliphatic rings. The molecule has 0 amide bonds. The molecule has 2 aromatic rings. The minimum atomic E-state index is -0.0240. The van der Waals surface area contributed by atoms with Crippen molar-refractivity contribution in [1.29, 1.82) is 0 Å². The Morgan fingerprint density at radius 2 is 2.09 bits per heavy atom. The van der Waals surface area contributed by atoms with Crippen molar-refractivity contribution in [3.63, 3.8) is 0 Å². The molecule has 2 aromatic heterocycles. The van der Waals surface area contributed by atoms with Gasteiger partial charge in [-0.15, -0.1) is 0 Å². The molecule has 4 rings (SSSR count). The summed E-state index contributed by atoms with van der Waals surface area (Å²) in [6.45, 7) is 2.95. The molecule has 0 aromatic carbocycles. The number of aromatic nitrogens is 2. The fraction of sp³-hybridized carbons (Fsp3) is 0.588. The van der Waals surface area contributed by atoms with E-state index in [1.54, 1.807) is 0 Å². The minimum Gasteiger partial charge on any atom is -0.462 e. The van der Waals surface area contributed by atoms with Crippen LogP contribution in [-0.4, -0.2) is 32.6 Å². The molecule has 1 aliphatic heterocycles. The van der Waals surface area contributed by atoms with Crippen molar-refractivity contribution in [1.82, 2.24) is 14.5 Å². The average molecular weight is 301 g/mol. The van der Waals surface area contributed by atoms with Gasteiger partial charge in [-0.1, -0.05) is 0 Å². The molecule has 118 valence electrons. The van der Waals surface area contributed by atoms with Crippen molar-refractivity contribution in [3.05, 3.63) is 41.4 Å². The Morgan fingerprint density at radius 1 is 1.23 bits per heavy atom. The number of hydrogen-bond donors (Lipinski definition) is 1. The number of nitrogens with zero attached hydrogens (tertiary/aromatic N) is 3. The fourth-order valence-corrected chi connectivity index (χ4v) is 3.80. The molecule has 0 radical (unpaired) electrons. The Kier molecular flexibility index (Phi) is 3.76. The Balaban J connectivity index is 1.43. The van der Waals surface area contributed by atoms with Crippen LogP contribution in [0.15, 0.2) is 22.9 Å². The normalized spacial score (nSPS) is 22.1. The van der Waals surface area contributed by atoms with Crippen molar-refractivity contribution in [2.45, 2.75) is 51.3 Å². The van der Waals surface area contributed by atoms with Gasteiger partial charge in [-0.2, -0.15) is 0 Å². The van der Waals surface area contributed by atoms with E-state index in [0.717, 1.165) is 31.8 Å². The number of aliphatic hydroxyl groups is 1. The van der Waals surface area contributed by atoms with Crippen LogP contribution in [0.25, 0.3) is 0 Å². The van der Waals surface area contributed by atoms with Gasteiger partial charge < -0.3 is 14.1 Å². The van der Waals surface area contributed by atoms with Crippen LogP contribution in [0, 0.1) is 0 Å². The Hall–Kier alpha value is -1.59. The molecule has 1 N–H and O–H groups in total. The maximum absolute atomic E-state index is 9.07. The van der Waals surface area contributed by atoms with E-state index < -0.39 is 0 Å². The monoisotopic (exact) mass is 301 g/mol. The summed E-state index contributed by atoms with van der Waals surface area (Å²) in [6, 6.07) is 4.37. The topological polar surface area (TPSA) is 54.4 Å². The lowest BCUT2D eigenvalue weighted by atomic mass is 10.0. The minimum absolute atomic E-state index is 0.0240. The highest BCUT2D eigenvalue weighted by molar-refractivity contribution is 5.17. The van der Waals surface area contributed by atoms with Crippen LogP contribution >= 0.6 is 0 Å². The van der Waals surface area contributed by atoms with E-state index >= 15 is 0 Å². The van der Waals surface area contributed by atoms with Gasteiger partial charge in [-0.05, 0) is 44.2 Å². The predicted octanol–water partition coefficient (Wildman–Crippen LogP) is 2.29.